The van der Waals surface area contributed by atoms with Crippen LogP contribution in [0.2, 0.25) is 5.02 Å². The van der Waals surface area contributed by atoms with Crippen LogP contribution in [-0.4, -0.2) is 17.9 Å². The molecular formula is C16H15BrClNO. The average Bonchev–Trinajstić information content (AvgIpc) is 2.38. The highest BCUT2D eigenvalue weighted by Crippen LogP contribution is 2.20. The predicted molar refractivity (Wildman–Crippen MR) is 86.1 cm³/mol. The summed E-state index contributed by atoms with van der Waals surface area (Å²) in [5.41, 5.74) is 2.65. The van der Waals surface area contributed by atoms with Crippen LogP contribution in [0.25, 0.3) is 0 Å². The number of aryl methyl sites for hydroxylation is 1. The van der Waals surface area contributed by atoms with E-state index in [0.717, 1.165) is 15.6 Å². The van der Waals surface area contributed by atoms with Crippen molar-refractivity contribution in [3.8, 4) is 0 Å². The second kappa shape index (κ2) is 6.42. The summed E-state index contributed by atoms with van der Waals surface area (Å²) in [5.74, 6) is -0.0741. The normalized spacial score (nSPS) is 10.4. The van der Waals surface area contributed by atoms with E-state index in [4.69, 9.17) is 11.6 Å². The summed E-state index contributed by atoms with van der Waals surface area (Å²) in [6, 6.07) is 13.4. The Morgan fingerprint density at radius 1 is 1.25 bits per heavy atom. The molecule has 2 rings (SSSR count). The topological polar surface area (TPSA) is 20.3 Å². The minimum absolute atomic E-state index is 0.0741. The first-order valence-electron chi connectivity index (χ1n) is 6.23. The molecule has 0 radical (unpaired) electrons. The van der Waals surface area contributed by atoms with Crippen LogP contribution in [0, 0.1) is 6.92 Å². The van der Waals surface area contributed by atoms with Crippen LogP contribution in [0.4, 0.5) is 0 Å². The molecule has 0 bridgehead atoms. The fourth-order valence-electron chi connectivity index (χ4n) is 1.98. The Labute approximate surface area is 132 Å². The summed E-state index contributed by atoms with van der Waals surface area (Å²) in [6.07, 6.45) is 0. The molecule has 0 aromatic heterocycles. The van der Waals surface area contributed by atoms with E-state index in [1.807, 2.05) is 43.3 Å². The first-order chi connectivity index (χ1) is 9.47. The zero-order valence-corrected chi connectivity index (χ0v) is 13.7. The first kappa shape index (κ1) is 15.1. The van der Waals surface area contributed by atoms with E-state index in [9.17, 15) is 4.79 Å². The molecular weight excluding hydrogens is 338 g/mol. The molecule has 0 saturated carbocycles. The van der Waals surface area contributed by atoms with Gasteiger partial charge in [0.05, 0.1) is 10.6 Å². The minimum Gasteiger partial charge on any atom is -0.337 e. The molecule has 0 aliphatic rings. The molecule has 2 aromatic rings. The molecule has 0 N–H and O–H groups in total. The standard InChI is InChI=1S/C16H15BrClNO/c1-11-6-7-14(15(18)8-11)16(20)19(2)10-12-4-3-5-13(17)9-12/h3-9H,10H2,1-2H3. The Hall–Kier alpha value is -1.32. The quantitative estimate of drug-likeness (QED) is 0.785. The molecule has 20 heavy (non-hydrogen) atoms. The molecule has 0 aliphatic heterocycles. The Kier molecular flexibility index (Phi) is 4.84. The molecule has 0 heterocycles. The monoisotopic (exact) mass is 351 g/mol. The van der Waals surface area contributed by atoms with Crippen molar-refractivity contribution >= 4 is 33.4 Å². The molecule has 0 saturated heterocycles. The number of hydrogen-bond donors (Lipinski definition) is 0. The van der Waals surface area contributed by atoms with Gasteiger partial charge in [-0.1, -0.05) is 45.7 Å². The van der Waals surface area contributed by atoms with Gasteiger partial charge in [-0.3, -0.25) is 4.79 Å². The fourth-order valence-corrected chi connectivity index (χ4v) is 2.74. The lowest BCUT2D eigenvalue weighted by atomic mass is 10.1. The minimum atomic E-state index is -0.0741. The highest BCUT2D eigenvalue weighted by molar-refractivity contribution is 9.10. The van der Waals surface area contributed by atoms with Crippen LogP contribution in [0.1, 0.15) is 21.5 Å². The number of carbonyl (C=O) groups is 1. The number of nitrogens with zero attached hydrogens (tertiary/aromatic N) is 1. The van der Waals surface area contributed by atoms with Crippen molar-refractivity contribution in [2.45, 2.75) is 13.5 Å². The maximum atomic E-state index is 12.4. The molecule has 0 aliphatic carbocycles. The molecule has 104 valence electrons. The SMILES string of the molecule is Cc1ccc(C(=O)N(C)Cc2cccc(Br)c2)c(Cl)c1. The van der Waals surface area contributed by atoms with Crippen LogP contribution in [0.5, 0.6) is 0 Å². The van der Waals surface area contributed by atoms with Crippen molar-refractivity contribution < 1.29 is 4.79 Å². The zero-order chi connectivity index (χ0) is 14.7. The molecule has 0 unspecified atom stereocenters. The number of rotatable bonds is 3. The third kappa shape index (κ3) is 3.62. The third-order valence-electron chi connectivity index (χ3n) is 3.01. The van der Waals surface area contributed by atoms with Crippen molar-refractivity contribution in [1.29, 1.82) is 0 Å². The number of hydrogen-bond acceptors (Lipinski definition) is 1. The Morgan fingerprint density at radius 2 is 2.00 bits per heavy atom. The predicted octanol–water partition coefficient (Wildman–Crippen LogP) is 4.68. The number of carbonyl (C=O) groups excluding carboxylic acids is 1. The van der Waals surface area contributed by atoms with E-state index in [1.165, 1.54) is 0 Å². The van der Waals surface area contributed by atoms with Gasteiger partial charge in [-0.2, -0.15) is 0 Å². The van der Waals surface area contributed by atoms with Gasteiger partial charge in [-0.25, -0.2) is 0 Å². The molecule has 4 heteroatoms. The second-order valence-electron chi connectivity index (χ2n) is 4.77. The summed E-state index contributed by atoms with van der Waals surface area (Å²) in [6.45, 7) is 2.49. The summed E-state index contributed by atoms with van der Waals surface area (Å²) in [4.78, 5) is 14.1. The van der Waals surface area contributed by atoms with Crippen molar-refractivity contribution in [2.75, 3.05) is 7.05 Å². The van der Waals surface area contributed by atoms with Crippen LogP contribution in [0.15, 0.2) is 46.9 Å². The largest absolute Gasteiger partial charge is 0.337 e. The Balaban J connectivity index is 2.16. The summed E-state index contributed by atoms with van der Waals surface area (Å²) < 4.78 is 1.00. The van der Waals surface area contributed by atoms with E-state index < -0.39 is 0 Å². The summed E-state index contributed by atoms with van der Waals surface area (Å²) >= 11 is 9.57. The van der Waals surface area contributed by atoms with E-state index in [1.54, 1.807) is 18.0 Å². The van der Waals surface area contributed by atoms with E-state index in [-0.39, 0.29) is 5.91 Å². The van der Waals surface area contributed by atoms with Gasteiger partial charge in [0.1, 0.15) is 0 Å². The molecule has 1 amide bonds. The molecule has 0 spiro atoms. The number of halogens is 2. The summed E-state index contributed by atoms with van der Waals surface area (Å²) in [7, 11) is 1.78. The second-order valence-corrected chi connectivity index (χ2v) is 6.10. The number of amides is 1. The fraction of sp³-hybridized carbons (Fsp3) is 0.188. The maximum absolute atomic E-state index is 12.4. The molecule has 2 nitrogen and oxygen atoms in total. The van der Waals surface area contributed by atoms with Gasteiger partial charge in [-0.15, -0.1) is 0 Å². The van der Waals surface area contributed by atoms with Gasteiger partial charge in [0.25, 0.3) is 5.91 Å². The molecule has 2 aromatic carbocycles. The highest BCUT2D eigenvalue weighted by Gasteiger charge is 2.15. The zero-order valence-electron chi connectivity index (χ0n) is 11.4. The smallest absolute Gasteiger partial charge is 0.255 e. The lowest BCUT2D eigenvalue weighted by Crippen LogP contribution is -2.26. The van der Waals surface area contributed by atoms with Gasteiger partial charge < -0.3 is 4.90 Å². The lowest BCUT2D eigenvalue weighted by Gasteiger charge is -2.18. The first-order valence-corrected chi connectivity index (χ1v) is 7.40. The van der Waals surface area contributed by atoms with Gasteiger partial charge >= 0.3 is 0 Å². The lowest BCUT2D eigenvalue weighted by molar-refractivity contribution is 0.0785. The van der Waals surface area contributed by atoms with Crippen molar-refractivity contribution in [3.63, 3.8) is 0 Å². The average molecular weight is 353 g/mol. The van der Waals surface area contributed by atoms with Gasteiger partial charge in [0, 0.05) is 18.1 Å². The Bertz CT molecular complexity index is 642. The van der Waals surface area contributed by atoms with Crippen molar-refractivity contribution in [1.82, 2.24) is 4.90 Å². The number of benzene rings is 2. The van der Waals surface area contributed by atoms with Crippen molar-refractivity contribution in [3.05, 3.63) is 68.7 Å². The highest BCUT2D eigenvalue weighted by atomic mass is 79.9. The van der Waals surface area contributed by atoms with Crippen LogP contribution < -0.4 is 0 Å². The maximum Gasteiger partial charge on any atom is 0.255 e. The summed E-state index contributed by atoms with van der Waals surface area (Å²) in [5, 5.41) is 0.496. The van der Waals surface area contributed by atoms with Gasteiger partial charge in [-0.05, 0) is 42.3 Å². The van der Waals surface area contributed by atoms with E-state index in [2.05, 4.69) is 15.9 Å². The molecule has 0 atom stereocenters. The van der Waals surface area contributed by atoms with E-state index in [0.29, 0.717) is 17.1 Å². The van der Waals surface area contributed by atoms with Gasteiger partial charge in [0.15, 0.2) is 0 Å². The van der Waals surface area contributed by atoms with Crippen molar-refractivity contribution in [2.24, 2.45) is 0 Å². The van der Waals surface area contributed by atoms with Crippen LogP contribution >= 0.6 is 27.5 Å². The van der Waals surface area contributed by atoms with Crippen LogP contribution in [-0.2, 0) is 6.54 Å². The Morgan fingerprint density at radius 3 is 2.65 bits per heavy atom. The van der Waals surface area contributed by atoms with E-state index >= 15 is 0 Å². The molecule has 0 fully saturated rings. The van der Waals surface area contributed by atoms with Gasteiger partial charge in [0.2, 0.25) is 0 Å². The third-order valence-corrected chi connectivity index (χ3v) is 3.82. The van der Waals surface area contributed by atoms with Crippen LogP contribution in [0.3, 0.4) is 0 Å².